The van der Waals surface area contributed by atoms with Crippen molar-refractivity contribution in [1.29, 1.82) is 0 Å². The van der Waals surface area contributed by atoms with Crippen LogP contribution in [0.25, 0.3) is 22.3 Å². The van der Waals surface area contributed by atoms with E-state index in [1.54, 1.807) is 124 Å². The van der Waals surface area contributed by atoms with Crippen molar-refractivity contribution >= 4 is 57.6 Å². The molecule has 0 bridgehead atoms. The molecule has 0 spiro atoms. The first-order valence-corrected chi connectivity index (χ1v) is 21.2. The number of nitrogens with one attached hydrogen (secondary N) is 4. The Labute approximate surface area is 389 Å². The fourth-order valence-electron chi connectivity index (χ4n) is 6.33. The van der Waals surface area contributed by atoms with E-state index in [0.717, 1.165) is 0 Å². The molecule has 21 nitrogen and oxygen atoms in total. The molecule has 5 aromatic heterocycles. The van der Waals surface area contributed by atoms with Gasteiger partial charge in [0.15, 0.2) is 28.1 Å². The van der Waals surface area contributed by atoms with Crippen LogP contribution in [0.5, 0.6) is 17.2 Å². The van der Waals surface area contributed by atoms with Gasteiger partial charge in [0.25, 0.3) is 23.3 Å². The molecule has 3 amide bonds. The number of hydrogen-bond acceptors (Lipinski definition) is 14. The molecule has 5 heterocycles. The maximum absolute atomic E-state index is 12.4. The molecule has 0 saturated carbocycles. The summed E-state index contributed by atoms with van der Waals surface area (Å²) in [4.78, 5) is 88.0. The molecular formula is C47H51N13O8. The lowest BCUT2D eigenvalue weighted by molar-refractivity contribution is 0.101. The highest BCUT2D eigenvalue weighted by Gasteiger charge is 2.17. The summed E-state index contributed by atoms with van der Waals surface area (Å²) in [6, 6.07) is 22.1. The van der Waals surface area contributed by atoms with Gasteiger partial charge in [0, 0.05) is 41.0 Å². The van der Waals surface area contributed by atoms with Crippen LogP contribution in [-0.4, -0.2) is 87.6 Å². The molecule has 4 N–H and O–H groups in total. The lowest BCUT2D eigenvalue weighted by Gasteiger charge is -2.10. The second-order valence-corrected chi connectivity index (χ2v) is 15.6. The normalized spacial score (nSPS) is 10.8. The van der Waals surface area contributed by atoms with Crippen molar-refractivity contribution < 1.29 is 28.6 Å². The zero-order valence-corrected chi connectivity index (χ0v) is 38.8. The number of H-pyrrole nitrogens is 1. The molecule has 8 rings (SSSR count). The Balaban J connectivity index is 0.000000168. The highest BCUT2D eigenvalue weighted by Crippen LogP contribution is 2.22. The van der Waals surface area contributed by atoms with Gasteiger partial charge < -0.3 is 34.0 Å². The van der Waals surface area contributed by atoms with Gasteiger partial charge in [0.2, 0.25) is 5.95 Å². The van der Waals surface area contributed by atoms with Gasteiger partial charge in [-0.05, 0) is 120 Å². The van der Waals surface area contributed by atoms with Crippen LogP contribution in [0, 0.1) is 0 Å². The lowest BCUT2D eigenvalue weighted by Crippen LogP contribution is -2.25. The number of nitrogens with zero attached hydrogens (tertiary/aromatic N) is 9. The maximum Gasteiger partial charge on any atom is 0.349 e. The standard InChI is InChI=1S/C16H17N5O3.C16H17N5O2.C15H17N3O3/c1-9(2)21-8-17-12-13(21)18-16(20-15(12)23)19-14(22)10-4-6-11(24-3)7-5-10;1-10(2)21-9-19-13-14(17-8-18-15(13)21)20-16(22)11-4-6-12(23-3)7-5-11;1-10(2)18-9-8-13(17-15(18)20)16-14(19)11-4-6-12(21-3)7-5-11/h4-9H,1-3H3,(H2,18,19,20,22,23);4-10H,1-3H3,(H,17,18,20,22);4-10H,1-3H3,(H,16,17,19,20). The molecule has 68 heavy (non-hydrogen) atoms. The first-order valence-electron chi connectivity index (χ1n) is 21.2. The second kappa shape index (κ2) is 22.0. The summed E-state index contributed by atoms with van der Waals surface area (Å²) in [5.41, 5.74) is 2.55. The quantitative estimate of drug-likeness (QED) is 0.0993. The van der Waals surface area contributed by atoms with Crippen LogP contribution in [0.3, 0.4) is 0 Å². The average Bonchev–Trinajstić information content (AvgIpc) is 3.98. The van der Waals surface area contributed by atoms with Gasteiger partial charge in [-0.2, -0.15) is 9.97 Å². The van der Waals surface area contributed by atoms with Gasteiger partial charge in [-0.15, -0.1) is 0 Å². The molecule has 0 aliphatic heterocycles. The minimum atomic E-state index is -0.399. The summed E-state index contributed by atoms with van der Waals surface area (Å²) in [6.07, 6.45) is 6.30. The number of hydrogen-bond donors (Lipinski definition) is 4. The van der Waals surface area contributed by atoms with Crippen molar-refractivity contribution in [1.82, 2.24) is 48.6 Å². The highest BCUT2D eigenvalue weighted by atomic mass is 16.5. The van der Waals surface area contributed by atoms with Crippen LogP contribution >= 0.6 is 0 Å². The molecule has 0 fully saturated rings. The number of fused-ring (bicyclic) bond motifs is 2. The van der Waals surface area contributed by atoms with Crippen molar-refractivity contribution in [3.05, 3.63) is 142 Å². The van der Waals surface area contributed by atoms with Gasteiger partial charge in [-0.25, -0.2) is 24.7 Å². The summed E-state index contributed by atoms with van der Waals surface area (Å²) in [5.74, 6) is 1.77. The monoisotopic (exact) mass is 925 g/mol. The van der Waals surface area contributed by atoms with E-state index in [4.69, 9.17) is 14.2 Å². The number of imidazole rings is 2. The highest BCUT2D eigenvalue weighted by molar-refractivity contribution is 6.07. The number of aromatic amines is 1. The minimum Gasteiger partial charge on any atom is -0.497 e. The van der Waals surface area contributed by atoms with Crippen molar-refractivity contribution in [2.75, 3.05) is 37.3 Å². The van der Waals surface area contributed by atoms with Crippen LogP contribution in [-0.2, 0) is 0 Å². The predicted octanol–water partition coefficient (Wildman–Crippen LogP) is 6.71. The number of rotatable bonds is 12. The first-order chi connectivity index (χ1) is 32.6. The van der Waals surface area contributed by atoms with E-state index in [2.05, 4.69) is 50.8 Å². The van der Waals surface area contributed by atoms with E-state index in [-0.39, 0.29) is 53.1 Å². The topological polar surface area (TPSA) is 257 Å². The molecule has 0 unspecified atom stereocenters. The molecule has 3 aromatic carbocycles. The van der Waals surface area contributed by atoms with Gasteiger partial charge in [-0.3, -0.25) is 34.0 Å². The number of methoxy groups -OCH3 is 3. The number of amides is 3. The Kier molecular flexibility index (Phi) is 15.7. The Morgan fingerprint density at radius 1 is 0.529 bits per heavy atom. The summed E-state index contributed by atoms with van der Waals surface area (Å²) in [6.45, 7) is 11.8. The smallest absolute Gasteiger partial charge is 0.349 e. The maximum atomic E-state index is 12.4. The average molecular weight is 926 g/mol. The number of carbonyl (C=O) groups excluding carboxylic acids is 3. The molecule has 8 aromatic rings. The van der Waals surface area contributed by atoms with Crippen molar-refractivity contribution in [3.8, 4) is 17.2 Å². The first kappa shape index (κ1) is 48.7. The van der Waals surface area contributed by atoms with Crippen LogP contribution in [0.15, 0.2) is 114 Å². The van der Waals surface area contributed by atoms with Crippen LogP contribution in [0.1, 0.15) is 90.7 Å². The van der Waals surface area contributed by atoms with E-state index < -0.39 is 11.2 Å². The van der Waals surface area contributed by atoms with E-state index in [1.807, 2.05) is 46.1 Å². The Bertz CT molecular complexity index is 3140. The van der Waals surface area contributed by atoms with Crippen molar-refractivity contribution in [2.45, 2.75) is 59.7 Å². The van der Waals surface area contributed by atoms with Crippen LogP contribution < -0.4 is 41.4 Å². The Morgan fingerprint density at radius 3 is 1.46 bits per heavy atom. The fraction of sp³-hybridized carbons (Fsp3) is 0.255. The minimum absolute atomic E-state index is 0.0244. The third kappa shape index (κ3) is 11.7. The fourth-order valence-corrected chi connectivity index (χ4v) is 6.33. The van der Waals surface area contributed by atoms with E-state index in [9.17, 15) is 24.0 Å². The van der Waals surface area contributed by atoms with Gasteiger partial charge >= 0.3 is 5.69 Å². The van der Waals surface area contributed by atoms with Crippen LogP contribution in [0.4, 0.5) is 17.6 Å². The summed E-state index contributed by atoms with van der Waals surface area (Å²) >= 11 is 0. The third-order valence-corrected chi connectivity index (χ3v) is 10.1. The van der Waals surface area contributed by atoms with E-state index >= 15 is 0 Å². The largest absolute Gasteiger partial charge is 0.497 e. The number of benzene rings is 3. The lowest BCUT2D eigenvalue weighted by atomic mass is 10.2. The molecular weight excluding hydrogens is 875 g/mol. The number of carbonyl (C=O) groups is 3. The zero-order chi connectivity index (χ0) is 49.1. The zero-order valence-electron chi connectivity index (χ0n) is 38.8. The van der Waals surface area contributed by atoms with Crippen LogP contribution in [0.2, 0.25) is 0 Å². The van der Waals surface area contributed by atoms with E-state index in [1.165, 1.54) is 10.9 Å². The molecule has 0 aliphatic carbocycles. The van der Waals surface area contributed by atoms with Gasteiger partial charge in [0.1, 0.15) is 29.4 Å². The molecule has 0 atom stereocenters. The second-order valence-electron chi connectivity index (χ2n) is 15.6. The predicted molar refractivity (Wildman–Crippen MR) is 256 cm³/mol. The van der Waals surface area contributed by atoms with E-state index in [0.29, 0.717) is 56.6 Å². The molecule has 0 saturated heterocycles. The number of ether oxygens (including phenoxy) is 3. The molecule has 352 valence electrons. The summed E-state index contributed by atoms with van der Waals surface area (Å²) in [7, 11) is 4.69. The van der Waals surface area contributed by atoms with Gasteiger partial charge in [-0.1, -0.05) is 0 Å². The van der Waals surface area contributed by atoms with Crippen molar-refractivity contribution in [2.24, 2.45) is 0 Å². The Morgan fingerprint density at radius 2 is 0.985 bits per heavy atom. The Hall–Kier alpha value is -8.75. The molecule has 0 radical (unpaired) electrons. The SMILES string of the molecule is COc1ccc(C(=O)Nc2ccn(C(C)C)c(=O)n2)cc1.COc1ccc(C(=O)Nc2nc3c(ncn3C(C)C)c(=O)[nH]2)cc1.COc1ccc(C(=O)Nc2ncnc3c2ncn3C(C)C)cc1. The molecule has 21 heteroatoms. The summed E-state index contributed by atoms with van der Waals surface area (Å²) in [5, 5.41) is 7.98. The van der Waals surface area contributed by atoms with Gasteiger partial charge in [0.05, 0.1) is 34.0 Å². The molecule has 0 aliphatic rings. The van der Waals surface area contributed by atoms with Crippen molar-refractivity contribution in [3.63, 3.8) is 0 Å². The number of aromatic nitrogens is 10. The summed E-state index contributed by atoms with van der Waals surface area (Å²) < 4.78 is 20.4. The third-order valence-electron chi connectivity index (χ3n) is 10.1. The number of anilines is 3.